The van der Waals surface area contributed by atoms with E-state index in [1.807, 2.05) is 18.2 Å². The first kappa shape index (κ1) is 16.9. The molecular formula is C19H23NO3. The highest BCUT2D eigenvalue weighted by Crippen LogP contribution is 2.27. The monoisotopic (exact) mass is 313 g/mol. The molecule has 1 N–H and O–H groups in total. The Hall–Kier alpha value is -2.49. The van der Waals surface area contributed by atoms with Gasteiger partial charge in [0.05, 0.1) is 14.2 Å². The molecule has 0 aliphatic carbocycles. The van der Waals surface area contributed by atoms with Crippen LogP contribution < -0.4 is 14.8 Å². The zero-order valence-electron chi connectivity index (χ0n) is 13.8. The Balaban J connectivity index is 2.07. The van der Waals surface area contributed by atoms with Gasteiger partial charge in [0, 0.05) is 11.6 Å². The van der Waals surface area contributed by atoms with Crippen LogP contribution in [0.3, 0.4) is 0 Å². The van der Waals surface area contributed by atoms with Gasteiger partial charge in [-0.15, -0.1) is 0 Å². The first-order chi connectivity index (χ1) is 11.2. The minimum absolute atomic E-state index is 0.0954. The Morgan fingerprint density at radius 3 is 2.35 bits per heavy atom. The molecule has 0 unspecified atom stereocenters. The van der Waals surface area contributed by atoms with Crippen LogP contribution in [0, 0.1) is 0 Å². The number of hydrogen-bond donors (Lipinski definition) is 1. The van der Waals surface area contributed by atoms with Crippen molar-refractivity contribution in [2.45, 2.75) is 25.8 Å². The van der Waals surface area contributed by atoms with E-state index < -0.39 is 0 Å². The van der Waals surface area contributed by atoms with Crippen molar-refractivity contribution < 1.29 is 14.3 Å². The van der Waals surface area contributed by atoms with E-state index in [2.05, 4.69) is 24.4 Å². The van der Waals surface area contributed by atoms with E-state index in [1.165, 1.54) is 5.56 Å². The zero-order valence-corrected chi connectivity index (χ0v) is 13.8. The molecular weight excluding hydrogens is 290 g/mol. The highest BCUT2D eigenvalue weighted by molar-refractivity contribution is 5.95. The van der Waals surface area contributed by atoms with Crippen LogP contribution in [0.1, 0.15) is 29.3 Å². The van der Waals surface area contributed by atoms with Crippen LogP contribution in [0.2, 0.25) is 0 Å². The van der Waals surface area contributed by atoms with Crippen molar-refractivity contribution in [3.05, 3.63) is 59.7 Å². The summed E-state index contributed by atoms with van der Waals surface area (Å²) in [6.45, 7) is 2.07. The highest BCUT2D eigenvalue weighted by atomic mass is 16.5. The van der Waals surface area contributed by atoms with Gasteiger partial charge >= 0.3 is 0 Å². The van der Waals surface area contributed by atoms with Gasteiger partial charge in [0.15, 0.2) is 11.5 Å². The van der Waals surface area contributed by atoms with E-state index in [0.29, 0.717) is 17.1 Å². The molecule has 0 saturated heterocycles. The fourth-order valence-corrected chi connectivity index (χ4v) is 2.44. The van der Waals surface area contributed by atoms with Crippen LogP contribution in [0.15, 0.2) is 48.5 Å². The molecule has 0 aromatic heterocycles. The molecule has 1 atom stereocenters. The quantitative estimate of drug-likeness (QED) is 0.851. The van der Waals surface area contributed by atoms with Gasteiger partial charge < -0.3 is 14.8 Å². The summed E-state index contributed by atoms with van der Waals surface area (Å²) in [5.41, 5.74) is 1.78. The summed E-state index contributed by atoms with van der Waals surface area (Å²) in [4.78, 5) is 12.5. The summed E-state index contributed by atoms with van der Waals surface area (Å²) in [5.74, 6) is 1.06. The van der Waals surface area contributed by atoms with E-state index in [0.717, 1.165) is 12.8 Å². The number of rotatable bonds is 7. The smallest absolute Gasteiger partial charge is 0.251 e. The predicted molar refractivity (Wildman–Crippen MR) is 91.2 cm³/mol. The van der Waals surface area contributed by atoms with Gasteiger partial charge in [-0.05, 0) is 36.6 Å². The molecule has 0 saturated carbocycles. The fraction of sp³-hybridized carbons (Fsp3) is 0.316. The van der Waals surface area contributed by atoms with Crippen LogP contribution in [0.5, 0.6) is 11.5 Å². The van der Waals surface area contributed by atoms with Crippen LogP contribution in [0.25, 0.3) is 0 Å². The lowest BCUT2D eigenvalue weighted by atomic mass is 10.0. The maximum Gasteiger partial charge on any atom is 0.251 e. The Kier molecular flexibility index (Phi) is 6.03. The van der Waals surface area contributed by atoms with Crippen molar-refractivity contribution >= 4 is 5.91 Å². The Labute approximate surface area is 137 Å². The number of benzene rings is 2. The Morgan fingerprint density at radius 1 is 1.04 bits per heavy atom. The SMILES string of the molecule is CC[C@@H](Cc1ccccc1)NC(=O)c1ccc(OC)c(OC)c1. The minimum atomic E-state index is -0.103. The average Bonchev–Trinajstić information content (AvgIpc) is 2.61. The summed E-state index contributed by atoms with van der Waals surface area (Å²) < 4.78 is 10.4. The predicted octanol–water partition coefficient (Wildman–Crippen LogP) is 3.45. The molecule has 23 heavy (non-hydrogen) atoms. The third kappa shape index (κ3) is 4.49. The van der Waals surface area contributed by atoms with Gasteiger partial charge in [0.25, 0.3) is 5.91 Å². The van der Waals surface area contributed by atoms with Gasteiger partial charge in [-0.25, -0.2) is 0 Å². The zero-order chi connectivity index (χ0) is 16.7. The van der Waals surface area contributed by atoms with E-state index >= 15 is 0 Å². The van der Waals surface area contributed by atoms with Crippen molar-refractivity contribution in [2.24, 2.45) is 0 Å². The van der Waals surface area contributed by atoms with Gasteiger partial charge in [-0.1, -0.05) is 37.3 Å². The summed E-state index contributed by atoms with van der Waals surface area (Å²) in [5, 5.41) is 3.08. The summed E-state index contributed by atoms with van der Waals surface area (Å²) in [6, 6.07) is 15.4. The molecule has 0 aliphatic rings. The number of hydrogen-bond acceptors (Lipinski definition) is 3. The molecule has 2 aromatic carbocycles. The Bertz CT molecular complexity index is 640. The summed E-state index contributed by atoms with van der Waals surface area (Å²) in [6.07, 6.45) is 1.68. The van der Waals surface area contributed by atoms with Crippen molar-refractivity contribution in [3.8, 4) is 11.5 Å². The van der Waals surface area contributed by atoms with E-state index in [1.54, 1.807) is 32.4 Å². The lowest BCUT2D eigenvalue weighted by Gasteiger charge is -2.18. The standard InChI is InChI=1S/C19H23NO3/c1-4-16(12-14-8-6-5-7-9-14)20-19(21)15-10-11-17(22-2)18(13-15)23-3/h5-11,13,16H,4,12H2,1-3H3,(H,20,21)/t16-/m0/s1. The topological polar surface area (TPSA) is 47.6 Å². The van der Waals surface area contributed by atoms with Gasteiger partial charge in [-0.2, -0.15) is 0 Å². The molecule has 0 aliphatic heterocycles. The molecule has 0 bridgehead atoms. The number of amides is 1. The van der Waals surface area contributed by atoms with Gasteiger partial charge in [-0.3, -0.25) is 4.79 Å². The molecule has 2 rings (SSSR count). The second-order valence-corrected chi connectivity index (χ2v) is 5.34. The molecule has 122 valence electrons. The molecule has 1 amide bonds. The normalized spacial score (nSPS) is 11.6. The number of ether oxygens (including phenoxy) is 2. The molecule has 0 spiro atoms. The average molecular weight is 313 g/mol. The van der Waals surface area contributed by atoms with Crippen molar-refractivity contribution in [3.63, 3.8) is 0 Å². The third-order valence-electron chi connectivity index (χ3n) is 3.80. The minimum Gasteiger partial charge on any atom is -0.493 e. The number of methoxy groups -OCH3 is 2. The van der Waals surface area contributed by atoms with Crippen molar-refractivity contribution in [1.29, 1.82) is 0 Å². The van der Waals surface area contributed by atoms with E-state index in [4.69, 9.17) is 9.47 Å². The number of carbonyl (C=O) groups is 1. The van der Waals surface area contributed by atoms with E-state index in [9.17, 15) is 4.79 Å². The summed E-state index contributed by atoms with van der Waals surface area (Å²) >= 11 is 0. The molecule has 2 aromatic rings. The fourth-order valence-electron chi connectivity index (χ4n) is 2.44. The number of nitrogens with one attached hydrogen (secondary N) is 1. The lowest BCUT2D eigenvalue weighted by Crippen LogP contribution is -2.36. The van der Waals surface area contributed by atoms with Crippen LogP contribution in [0.4, 0.5) is 0 Å². The van der Waals surface area contributed by atoms with E-state index in [-0.39, 0.29) is 11.9 Å². The first-order valence-electron chi connectivity index (χ1n) is 7.74. The summed E-state index contributed by atoms with van der Waals surface area (Å²) in [7, 11) is 3.13. The third-order valence-corrected chi connectivity index (χ3v) is 3.80. The second-order valence-electron chi connectivity index (χ2n) is 5.34. The largest absolute Gasteiger partial charge is 0.493 e. The molecule has 0 heterocycles. The molecule has 4 nitrogen and oxygen atoms in total. The molecule has 4 heteroatoms. The van der Waals surface area contributed by atoms with Crippen LogP contribution >= 0.6 is 0 Å². The number of carbonyl (C=O) groups excluding carboxylic acids is 1. The van der Waals surface area contributed by atoms with Gasteiger partial charge in [0.2, 0.25) is 0 Å². The maximum absolute atomic E-state index is 12.5. The van der Waals surface area contributed by atoms with Crippen LogP contribution in [-0.2, 0) is 6.42 Å². The Morgan fingerprint density at radius 2 is 1.74 bits per heavy atom. The second kappa shape index (κ2) is 8.22. The maximum atomic E-state index is 12.5. The molecule has 0 fully saturated rings. The molecule has 0 radical (unpaired) electrons. The van der Waals surface area contributed by atoms with Crippen LogP contribution in [-0.4, -0.2) is 26.2 Å². The lowest BCUT2D eigenvalue weighted by molar-refractivity contribution is 0.0935. The highest BCUT2D eigenvalue weighted by Gasteiger charge is 2.15. The van der Waals surface area contributed by atoms with Crippen molar-refractivity contribution in [1.82, 2.24) is 5.32 Å². The van der Waals surface area contributed by atoms with Crippen molar-refractivity contribution in [2.75, 3.05) is 14.2 Å². The first-order valence-corrected chi connectivity index (χ1v) is 7.74. The van der Waals surface area contributed by atoms with Gasteiger partial charge in [0.1, 0.15) is 0 Å².